The number of thiophene rings is 1. The average molecular weight is 438 g/mol. The van der Waals surface area contributed by atoms with Gasteiger partial charge in [0.05, 0.1) is 6.54 Å². The molecule has 10 heteroatoms. The van der Waals surface area contributed by atoms with Crippen LogP contribution in [0.5, 0.6) is 0 Å². The van der Waals surface area contributed by atoms with Crippen molar-refractivity contribution in [2.75, 3.05) is 14.1 Å². The molecule has 29 heavy (non-hydrogen) atoms. The number of pyridine rings is 1. The van der Waals surface area contributed by atoms with Gasteiger partial charge >= 0.3 is 0 Å². The number of sulfonamides is 1. The van der Waals surface area contributed by atoms with Crippen molar-refractivity contribution in [1.82, 2.24) is 14.6 Å². The maximum Gasteiger partial charge on any atom is 0.261 e. The summed E-state index contributed by atoms with van der Waals surface area (Å²) in [7, 11) is -0.641. The quantitative estimate of drug-likeness (QED) is 0.739. The normalized spacial score (nSPS) is 16.0. The molecule has 3 rings (SSSR count). The van der Waals surface area contributed by atoms with E-state index in [1.807, 2.05) is 13.8 Å². The van der Waals surface area contributed by atoms with E-state index >= 15 is 0 Å². The Kier molecular flexibility index (Phi) is 5.54. The Morgan fingerprint density at radius 3 is 2.59 bits per heavy atom. The van der Waals surface area contributed by atoms with Gasteiger partial charge in [-0.2, -0.15) is 0 Å². The monoisotopic (exact) mass is 437 g/mol. The molecule has 8 nitrogen and oxygen atoms in total. The molecule has 0 bridgehead atoms. The van der Waals surface area contributed by atoms with Crippen molar-refractivity contribution < 1.29 is 18.0 Å². The Hall–Kier alpha value is -2.30. The van der Waals surface area contributed by atoms with E-state index in [1.54, 1.807) is 6.07 Å². The van der Waals surface area contributed by atoms with Gasteiger partial charge in [-0.25, -0.2) is 12.7 Å². The number of fused-ring (bicyclic) bond motifs is 1. The van der Waals surface area contributed by atoms with Crippen molar-refractivity contribution in [2.24, 2.45) is 5.41 Å². The maximum absolute atomic E-state index is 12.5. The van der Waals surface area contributed by atoms with Crippen LogP contribution < -0.4 is 10.9 Å². The molecule has 1 amide bonds. The summed E-state index contributed by atoms with van der Waals surface area (Å²) in [6, 6.07) is 4.45. The average Bonchev–Trinajstić information content (AvgIpc) is 3.07. The first-order chi connectivity index (χ1) is 13.4. The number of aromatic nitrogens is 1. The molecule has 0 atom stereocenters. The number of carbonyl (C=O) groups excluding carboxylic acids is 2. The van der Waals surface area contributed by atoms with E-state index in [0.717, 1.165) is 15.6 Å². The molecule has 156 valence electrons. The molecule has 2 heterocycles. The zero-order valence-electron chi connectivity index (χ0n) is 16.7. The van der Waals surface area contributed by atoms with Crippen LogP contribution in [0.15, 0.2) is 27.2 Å². The third-order valence-electron chi connectivity index (χ3n) is 4.76. The number of carbonyl (C=O) groups is 2. The molecule has 2 aromatic rings. The molecule has 0 radical (unpaired) electrons. The van der Waals surface area contributed by atoms with Gasteiger partial charge in [0.25, 0.3) is 21.5 Å². The third-order valence-corrected chi connectivity index (χ3v) is 8.13. The van der Waals surface area contributed by atoms with E-state index in [0.29, 0.717) is 29.0 Å². The zero-order chi connectivity index (χ0) is 21.6. The summed E-state index contributed by atoms with van der Waals surface area (Å²) in [6.45, 7) is 3.99. The number of hydrogen-bond acceptors (Lipinski definition) is 6. The van der Waals surface area contributed by atoms with Crippen LogP contribution in [-0.2, 0) is 23.0 Å². The molecule has 0 spiro atoms. The van der Waals surface area contributed by atoms with Gasteiger partial charge in [0.2, 0.25) is 0 Å². The van der Waals surface area contributed by atoms with E-state index in [2.05, 4.69) is 10.3 Å². The second kappa shape index (κ2) is 7.51. The number of aromatic amines is 1. The van der Waals surface area contributed by atoms with Crippen molar-refractivity contribution in [2.45, 2.75) is 37.4 Å². The number of amides is 1. The second-order valence-electron chi connectivity index (χ2n) is 8.04. The molecule has 0 saturated carbocycles. The van der Waals surface area contributed by atoms with Gasteiger partial charge in [-0.05, 0) is 30.0 Å². The Labute approximate surface area is 173 Å². The maximum atomic E-state index is 12.5. The Morgan fingerprint density at radius 1 is 1.24 bits per heavy atom. The summed E-state index contributed by atoms with van der Waals surface area (Å²) in [4.78, 5) is 40.6. The number of rotatable bonds is 5. The van der Waals surface area contributed by atoms with Crippen LogP contribution in [0.1, 0.15) is 51.6 Å². The highest BCUT2D eigenvalue weighted by Crippen LogP contribution is 2.33. The minimum Gasteiger partial charge on any atom is -0.347 e. The van der Waals surface area contributed by atoms with Crippen molar-refractivity contribution in [1.29, 1.82) is 0 Å². The first-order valence-corrected chi connectivity index (χ1v) is 11.3. The lowest BCUT2D eigenvalue weighted by molar-refractivity contribution is 0.0910. The summed E-state index contributed by atoms with van der Waals surface area (Å²) < 4.78 is 25.6. The summed E-state index contributed by atoms with van der Waals surface area (Å²) in [5.41, 5.74) is 0.0260. The highest BCUT2D eigenvalue weighted by atomic mass is 32.2. The van der Waals surface area contributed by atoms with Gasteiger partial charge in [0, 0.05) is 36.7 Å². The van der Waals surface area contributed by atoms with E-state index < -0.39 is 21.5 Å². The third kappa shape index (κ3) is 4.34. The largest absolute Gasteiger partial charge is 0.347 e. The summed E-state index contributed by atoms with van der Waals surface area (Å²) in [5.74, 6) is -0.713. The van der Waals surface area contributed by atoms with Gasteiger partial charge in [0.1, 0.15) is 9.77 Å². The van der Waals surface area contributed by atoms with Crippen molar-refractivity contribution in [3.8, 4) is 0 Å². The van der Waals surface area contributed by atoms with Gasteiger partial charge in [0.15, 0.2) is 5.78 Å². The molecule has 0 aromatic carbocycles. The Balaban J connectivity index is 1.78. The van der Waals surface area contributed by atoms with E-state index in [-0.39, 0.29) is 27.5 Å². The summed E-state index contributed by atoms with van der Waals surface area (Å²) in [6.07, 6.45) is 0.912. The van der Waals surface area contributed by atoms with Crippen molar-refractivity contribution in [3.63, 3.8) is 0 Å². The van der Waals surface area contributed by atoms with Crippen LogP contribution in [0.4, 0.5) is 0 Å². The number of H-pyrrole nitrogens is 1. The van der Waals surface area contributed by atoms with Crippen LogP contribution in [0.3, 0.4) is 0 Å². The highest BCUT2D eigenvalue weighted by molar-refractivity contribution is 7.91. The van der Waals surface area contributed by atoms with Gasteiger partial charge in [-0.15, -0.1) is 11.3 Å². The fraction of sp³-hybridized carbons (Fsp3) is 0.421. The lowest BCUT2D eigenvalue weighted by Gasteiger charge is -2.29. The summed E-state index contributed by atoms with van der Waals surface area (Å²) in [5, 5.41) is 2.62. The molecule has 1 aliphatic rings. The van der Waals surface area contributed by atoms with E-state index in [4.69, 9.17) is 0 Å². The van der Waals surface area contributed by atoms with Gasteiger partial charge < -0.3 is 10.3 Å². The molecule has 1 aliphatic carbocycles. The Morgan fingerprint density at radius 2 is 1.93 bits per heavy atom. The number of hydrogen-bond donors (Lipinski definition) is 2. The fourth-order valence-corrected chi connectivity index (χ4v) is 5.70. The van der Waals surface area contributed by atoms with Crippen LogP contribution >= 0.6 is 11.3 Å². The molecular weight excluding hydrogens is 414 g/mol. The van der Waals surface area contributed by atoms with E-state index in [1.165, 1.54) is 26.2 Å². The van der Waals surface area contributed by atoms with Gasteiger partial charge in [-0.1, -0.05) is 13.8 Å². The smallest absolute Gasteiger partial charge is 0.261 e. The SMILES string of the molecule is CN(C)S(=O)(=O)c1ccc(CNC(=O)c2cc3c([nH]c2=O)CC(C)(C)CC3=O)s1. The first kappa shape index (κ1) is 21.4. The standard InChI is InChI=1S/C19H23N3O5S2/c1-19(2)8-14-12(15(23)9-19)7-13(18(25)21-14)17(24)20-10-11-5-6-16(28-11)29(26,27)22(3)4/h5-7H,8-10H2,1-4H3,(H,20,24)(H,21,25). The lowest BCUT2D eigenvalue weighted by atomic mass is 9.75. The van der Waals surface area contributed by atoms with Crippen LogP contribution in [0.2, 0.25) is 0 Å². The van der Waals surface area contributed by atoms with E-state index in [9.17, 15) is 22.8 Å². The van der Waals surface area contributed by atoms with Crippen LogP contribution in [0, 0.1) is 5.41 Å². The molecule has 2 aromatic heterocycles. The predicted octanol–water partition coefficient (Wildman–Crippen LogP) is 1.77. The predicted molar refractivity (Wildman–Crippen MR) is 110 cm³/mol. The van der Waals surface area contributed by atoms with Crippen LogP contribution in [0.25, 0.3) is 0 Å². The number of ketones is 1. The Bertz CT molecular complexity index is 1140. The second-order valence-corrected chi connectivity index (χ2v) is 11.6. The van der Waals surface area contributed by atoms with Crippen LogP contribution in [-0.4, -0.2) is 43.5 Å². The van der Waals surface area contributed by atoms with Gasteiger partial charge in [-0.3, -0.25) is 14.4 Å². The molecule has 0 aliphatic heterocycles. The highest BCUT2D eigenvalue weighted by Gasteiger charge is 2.32. The fourth-order valence-electron chi connectivity index (χ4n) is 3.23. The minimum absolute atomic E-state index is 0.0734. The molecular formula is C19H23N3O5S2. The topological polar surface area (TPSA) is 116 Å². The number of Topliss-reactive ketones (excluding diaryl/α,β-unsaturated/α-hetero) is 1. The zero-order valence-corrected chi connectivity index (χ0v) is 18.3. The lowest BCUT2D eigenvalue weighted by Crippen LogP contribution is -2.34. The number of nitrogens with one attached hydrogen (secondary N) is 2. The minimum atomic E-state index is -3.53. The van der Waals surface area contributed by atoms with Crippen molar-refractivity contribution >= 4 is 33.1 Å². The molecule has 0 saturated heterocycles. The summed E-state index contributed by atoms with van der Waals surface area (Å²) >= 11 is 1.05. The number of nitrogens with zero attached hydrogens (tertiary/aromatic N) is 1. The van der Waals surface area contributed by atoms with Crippen molar-refractivity contribution in [3.05, 3.63) is 50.3 Å². The molecule has 0 unspecified atom stereocenters. The first-order valence-electron chi connectivity index (χ1n) is 8.99. The molecule has 2 N–H and O–H groups in total. The molecule has 0 fully saturated rings.